The van der Waals surface area contributed by atoms with Crippen molar-refractivity contribution in [1.82, 2.24) is 0 Å². The number of methoxy groups -OCH3 is 1. The van der Waals surface area contributed by atoms with Gasteiger partial charge in [0.15, 0.2) is 0 Å². The first-order valence-electron chi connectivity index (χ1n) is 6.23. The van der Waals surface area contributed by atoms with E-state index in [2.05, 4.69) is 5.32 Å². The van der Waals surface area contributed by atoms with Crippen LogP contribution in [0, 0.1) is 0 Å². The first-order chi connectivity index (χ1) is 10.5. The van der Waals surface area contributed by atoms with E-state index in [9.17, 15) is 18.7 Å². The van der Waals surface area contributed by atoms with E-state index in [0.717, 1.165) is 0 Å². The minimum Gasteiger partial charge on any atom is -0.507 e. The summed E-state index contributed by atoms with van der Waals surface area (Å²) in [6, 6.07) is 10.3. The Labute approximate surface area is 130 Å². The highest BCUT2D eigenvalue weighted by atomic mass is 32.2. The quantitative estimate of drug-likeness (QED) is 0.817. The van der Waals surface area contributed by atoms with Gasteiger partial charge in [-0.2, -0.15) is 8.78 Å². The number of anilines is 1. The number of carbonyl (C=O) groups is 1. The summed E-state index contributed by atoms with van der Waals surface area (Å²) in [4.78, 5) is 12.5. The minimum atomic E-state index is -2.49. The Morgan fingerprint density at radius 1 is 1.23 bits per heavy atom. The summed E-state index contributed by atoms with van der Waals surface area (Å²) in [5.41, 5.74) is 0.496. The normalized spacial score (nSPS) is 10.5. The SMILES string of the molecule is COc1ccc(O)c(C(=O)Nc2ccc(SC(F)F)cc2)c1. The number of amides is 1. The number of carbonyl (C=O) groups excluding carboxylic acids is 1. The number of nitrogens with one attached hydrogen (secondary N) is 1. The van der Waals surface area contributed by atoms with Crippen LogP contribution in [0.1, 0.15) is 10.4 Å². The highest BCUT2D eigenvalue weighted by Crippen LogP contribution is 2.27. The second kappa shape index (κ2) is 7.13. The van der Waals surface area contributed by atoms with Crippen molar-refractivity contribution in [3.05, 3.63) is 48.0 Å². The van der Waals surface area contributed by atoms with Crippen LogP contribution in [0.25, 0.3) is 0 Å². The minimum absolute atomic E-state index is 0.0605. The predicted octanol–water partition coefficient (Wildman–Crippen LogP) is 3.97. The molecule has 0 fully saturated rings. The van der Waals surface area contributed by atoms with E-state index in [1.165, 1.54) is 49.6 Å². The van der Waals surface area contributed by atoms with Crippen molar-refractivity contribution in [2.24, 2.45) is 0 Å². The largest absolute Gasteiger partial charge is 0.507 e. The molecule has 0 unspecified atom stereocenters. The molecule has 22 heavy (non-hydrogen) atoms. The van der Waals surface area contributed by atoms with Gasteiger partial charge in [0.05, 0.1) is 12.7 Å². The van der Waals surface area contributed by atoms with Gasteiger partial charge in [0.25, 0.3) is 11.7 Å². The molecule has 7 heteroatoms. The number of hydrogen-bond acceptors (Lipinski definition) is 4. The van der Waals surface area contributed by atoms with E-state index in [1.807, 2.05) is 0 Å². The molecular weight excluding hydrogens is 312 g/mol. The Bertz CT molecular complexity index is 662. The molecule has 2 aromatic rings. The lowest BCUT2D eigenvalue weighted by Gasteiger charge is -2.09. The van der Waals surface area contributed by atoms with Gasteiger partial charge in [-0.15, -0.1) is 0 Å². The number of hydrogen-bond donors (Lipinski definition) is 2. The molecule has 0 saturated heterocycles. The number of phenols is 1. The second-order valence-corrected chi connectivity index (χ2v) is 5.30. The molecule has 2 rings (SSSR count). The summed E-state index contributed by atoms with van der Waals surface area (Å²) in [6.07, 6.45) is 0. The zero-order valence-corrected chi connectivity index (χ0v) is 12.4. The standard InChI is InChI=1S/C15H13F2NO3S/c1-21-10-4-7-13(19)12(8-10)14(20)18-9-2-5-11(6-3-9)22-15(16)17/h2-8,15,19H,1H3,(H,18,20). The van der Waals surface area contributed by atoms with Gasteiger partial charge < -0.3 is 15.2 Å². The van der Waals surface area contributed by atoms with Crippen LogP contribution in [0.3, 0.4) is 0 Å². The van der Waals surface area contributed by atoms with Crippen molar-refractivity contribution in [3.8, 4) is 11.5 Å². The molecule has 1 amide bonds. The number of thioether (sulfide) groups is 1. The molecule has 2 N–H and O–H groups in total. The number of halogens is 2. The average Bonchev–Trinajstić information content (AvgIpc) is 2.49. The second-order valence-electron chi connectivity index (χ2n) is 4.24. The summed E-state index contributed by atoms with van der Waals surface area (Å²) < 4.78 is 29.4. The van der Waals surface area contributed by atoms with Gasteiger partial charge in [-0.05, 0) is 42.5 Å². The summed E-state index contributed by atoms with van der Waals surface area (Å²) >= 11 is 0.427. The molecular formula is C15H13F2NO3S. The lowest BCUT2D eigenvalue weighted by molar-refractivity contribution is 0.102. The van der Waals surface area contributed by atoms with Gasteiger partial charge in [-0.3, -0.25) is 4.79 Å². The molecule has 0 heterocycles. The van der Waals surface area contributed by atoms with Crippen LogP contribution in [0.4, 0.5) is 14.5 Å². The summed E-state index contributed by atoms with van der Waals surface area (Å²) in [5, 5.41) is 12.3. The summed E-state index contributed by atoms with van der Waals surface area (Å²) in [6.45, 7) is 0. The van der Waals surface area contributed by atoms with Crippen LogP contribution >= 0.6 is 11.8 Å². The van der Waals surface area contributed by atoms with E-state index >= 15 is 0 Å². The van der Waals surface area contributed by atoms with E-state index in [1.54, 1.807) is 0 Å². The van der Waals surface area contributed by atoms with Crippen molar-refractivity contribution in [2.45, 2.75) is 10.7 Å². The molecule has 0 aromatic heterocycles. The third kappa shape index (κ3) is 4.11. The fraction of sp³-hybridized carbons (Fsp3) is 0.133. The number of rotatable bonds is 5. The maximum Gasteiger partial charge on any atom is 0.288 e. The maximum absolute atomic E-state index is 12.2. The highest BCUT2D eigenvalue weighted by molar-refractivity contribution is 7.99. The molecule has 0 spiro atoms. The Hall–Kier alpha value is -2.28. The van der Waals surface area contributed by atoms with Gasteiger partial charge >= 0.3 is 0 Å². The molecule has 0 atom stereocenters. The molecule has 0 aliphatic carbocycles. The van der Waals surface area contributed by atoms with Crippen LogP contribution in [0.5, 0.6) is 11.5 Å². The fourth-order valence-corrected chi connectivity index (χ4v) is 2.24. The number of aromatic hydroxyl groups is 1. The van der Waals surface area contributed by atoms with Gasteiger partial charge in [0, 0.05) is 10.6 Å². The monoisotopic (exact) mass is 325 g/mol. The third-order valence-electron chi connectivity index (χ3n) is 2.79. The predicted molar refractivity (Wildman–Crippen MR) is 80.9 cm³/mol. The number of phenolic OH excluding ortho intramolecular Hbond substituents is 1. The van der Waals surface area contributed by atoms with Gasteiger partial charge in [0.1, 0.15) is 11.5 Å². The zero-order chi connectivity index (χ0) is 16.1. The van der Waals surface area contributed by atoms with Gasteiger partial charge in [-0.1, -0.05) is 11.8 Å². The van der Waals surface area contributed by atoms with Crippen molar-refractivity contribution >= 4 is 23.4 Å². The number of benzene rings is 2. The van der Waals surface area contributed by atoms with Crippen molar-refractivity contribution < 1.29 is 23.4 Å². The third-order valence-corrected chi connectivity index (χ3v) is 3.51. The zero-order valence-electron chi connectivity index (χ0n) is 11.5. The fourth-order valence-electron chi connectivity index (χ4n) is 1.74. The van der Waals surface area contributed by atoms with Gasteiger partial charge in [-0.25, -0.2) is 0 Å². The van der Waals surface area contributed by atoms with Crippen LogP contribution in [0.2, 0.25) is 0 Å². The molecule has 0 radical (unpaired) electrons. The highest BCUT2D eigenvalue weighted by Gasteiger charge is 2.13. The van der Waals surface area contributed by atoms with E-state index in [-0.39, 0.29) is 11.3 Å². The number of alkyl halides is 2. The van der Waals surface area contributed by atoms with Crippen LogP contribution in [-0.4, -0.2) is 23.9 Å². The molecule has 0 bridgehead atoms. The van der Waals surface area contributed by atoms with E-state index in [0.29, 0.717) is 28.1 Å². The van der Waals surface area contributed by atoms with Crippen LogP contribution in [0.15, 0.2) is 47.4 Å². The maximum atomic E-state index is 12.2. The first-order valence-corrected chi connectivity index (χ1v) is 7.11. The van der Waals surface area contributed by atoms with Crippen LogP contribution < -0.4 is 10.1 Å². The Morgan fingerprint density at radius 3 is 2.50 bits per heavy atom. The molecule has 0 aliphatic rings. The van der Waals surface area contributed by atoms with Crippen LogP contribution in [-0.2, 0) is 0 Å². The lowest BCUT2D eigenvalue weighted by Crippen LogP contribution is -2.12. The number of ether oxygens (including phenoxy) is 1. The Balaban J connectivity index is 2.11. The van der Waals surface area contributed by atoms with Crippen molar-refractivity contribution in [3.63, 3.8) is 0 Å². The molecule has 0 saturated carbocycles. The molecule has 2 aromatic carbocycles. The smallest absolute Gasteiger partial charge is 0.288 e. The molecule has 116 valence electrons. The summed E-state index contributed by atoms with van der Waals surface area (Å²) in [5.74, 6) is -2.75. The molecule has 4 nitrogen and oxygen atoms in total. The van der Waals surface area contributed by atoms with E-state index in [4.69, 9.17) is 4.74 Å². The Morgan fingerprint density at radius 2 is 1.91 bits per heavy atom. The lowest BCUT2D eigenvalue weighted by atomic mass is 10.1. The first kappa shape index (κ1) is 16.1. The average molecular weight is 325 g/mol. The van der Waals surface area contributed by atoms with E-state index < -0.39 is 11.7 Å². The van der Waals surface area contributed by atoms with Crippen molar-refractivity contribution in [2.75, 3.05) is 12.4 Å². The summed E-state index contributed by atoms with van der Waals surface area (Å²) in [7, 11) is 1.45. The molecule has 0 aliphatic heterocycles. The topological polar surface area (TPSA) is 58.6 Å². The van der Waals surface area contributed by atoms with Crippen molar-refractivity contribution in [1.29, 1.82) is 0 Å². The van der Waals surface area contributed by atoms with Gasteiger partial charge in [0.2, 0.25) is 0 Å². The Kier molecular flexibility index (Phi) is 5.21.